The third kappa shape index (κ3) is 4.72. The number of benzene rings is 1. The average molecular weight is 338 g/mol. The fourth-order valence-electron chi connectivity index (χ4n) is 2.07. The number of nitrogens with one attached hydrogen (secondary N) is 2. The van der Waals surface area contributed by atoms with Gasteiger partial charge in [0.05, 0.1) is 12.2 Å². The first-order chi connectivity index (χ1) is 11.0. The van der Waals surface area contributed by atoms with Crippen LogP contribution in [0.25, 0.3) is 0 Å². The Kier molecular flexibility index (Phi) is 6.04. The molecule has 4 nitrogen and oxygen atoms in total. The maximum Gasteiger partial charge on any atom is 0.191 e. The van der Waals surface area contributed by atoms with Gasteiger partial charge in [-0.15, -0.1) is 11.3 Å². The molecule has 1 heterocycles. The van der Waals surface area contributed by atoms with E-state index in [2.05, 4.69) is 20.6 Å². The summed E-state index contributed by atoms with van der Waals surface area (Å²) in [5, 5.41) is 7.16. The summed E-state index contributed by atoms with van der Waals surface area (Å²) in [5.41, 5.74) is 1.12. The highest BCUT2D eigenvalue weighted by Gasteiger charge is 2.09. The highest BCUT2D eigenvalue weighted by Crippen LogP contribution is 2.16. The monoisotopic (exact) mass is 338 g/mol. The van der Waals surface area contributed by atoms with Crippen LogP contribution < -0.4 is 10.6 Å². The fraction of sp³-hybridized carbons (Fsp3) is 0.375. The summed E-state index contributed by atoms with van der Waals surface area (Å²) in [6.07, 6.45) is 0.245. The van der Waals surface area contributed by atoms with Gasteiger partial charge in [-0.3, -0.25) is 4.99 Å². The molecule has 0 aliphatic carbocycles. The van der Waals surface area contributed by atoms with Crippen molar-refractivity contribution in [3.05, 3.63) is 51.0 Å². The first-order valence-electron chi connectivity index (χ1n) is 7.31. The second-order valence-electron chi connectivity index (χ2n) is 5.05. The lowest BCUT2D eigenvalue weighted by Crippen LogP contribution is -2.38. The standard InChI is InChI=1S/C16H20F2N4S/c1-10-11(2)23-15(22-10)9-21-16(19-3)20-8-7-12-13(17)5-4-6-14(12)18/h4-6H,7-9H2,1-3H3,(H2,19,20,21). The molecule has 0 aliphatic heterocycles. The van der Waals surface area contributed by atoms with Crippen molar-refractivity contribution in [3.63, 3.8) is 0 Å². The van der Waals surface area contributed by atoms with E-state index in [0.717, 1.165) is 10.7 Å². The summed E-state index contributed by atoms with van der Waals surface area (Å²) in [7, 11) is 1.65. The zero-order valence-corrected chi connectivity index (χ0v) is 14.2. The minimum atomic E-state index is -0.525. The van der Waals surface area contributed by atoms with E-state index in [9.17, 15) is 8.78 Å². The zero-order chi connectivity index (χ0) is 16.8. The van der Waals surface area contributed by atoms with E-state index in [1.54, 1.807) is 18.4 Å². The van der Waals surface area contributed by atoms with Gasteiger partial charge in [0.2, 0.25) is 0 Å². The Morgan fingerprint density at radius 3 is 2.48 bits per heavy atom. The van der Waals surface area contributed by atoms with Gasteiger partial charge >= 0.3 is 0 Å². The van der Waals surface area contributed by atoms with Crippen LogP contribution in [-0.2, 0) is 13.0 Å². The summed E-state index contributed by atoms with van der Waals surface area (Å²) in [6, 6.07) is 3.89. The molecule has 0 radical (unpaired) electrons. The molecule has 2 rings (SSSR count). The van der Waals surface area contributed by atoms with E-state index in [0.29, 0.717) is 19.0 Å². The summed E-state index contributed by atoms with van der Waals surface area (Å²) >= 11 is 1.64. The van der Waals surface area contributed by atoms with Crippen LogP contribution in [0, 0.1) is 25.5 Å². The van der Waals surface area contributed by atoms with Gasteiger partial charge in [0.1, 0.15) is 16.6 Å². The van der Waals surface area contributed by atoms with Gasteiger partial charge in [0, 0.05) is 24.0 Å². The van der Waals surface area contributed by atoms with Gasteiger partial charge in [-0.1, -0.05) is 6.07 Å². The number of rotatable bonds is 5. The third-order valence-electron chi connectivity index (χ3n) is 3.43. The number of hydrogen-bond donors (Lipinski definition) is 2. The molecule has 2 N–H and O–H groups in total. The molecule has 0 aliphatic rings. The van der Waals surface area contributed by atoms with E-state index < -0.39 is 11.6 Å². The van der Waals surface area contributed by atoms with Gasteiger partial charge in [0.25, 0.3) is 0 Å². The Hall–Kier alpha value is -2.02. The lowest BCUT2D eigenvalue weighted by Gasteiger charge is -2.11. The molecule has 7 heteroatoms. The lowest BCUT2D eigenvalue weighted by atomic mass is 10.1. The van der Waals surface area contributed by atoms with Gasteiger partial charge in [0.15, 0.2) is 5.96 Å². The summed E-state index contributed by atoms with van der Waals surface area (Å²) < 4.78 is 27.1. The average Bonchev–Trinajstić information content (AvgIpc) is 2.84. The smallest absolute Gasteiger partial charge is 0.191 e. The fourth-order valence-corrected chi connectivity index (χ4v) is 2.95. The van der Waals surface area contributed by atoms with Gasteiger partial charge < -0.3 is 10.6 Å². The van der Waals surface area contributed by atoms with E-state index in [4.69, 9.17) is 0 Å². The SMILES string of the molecule is CN=C(NCCc1c(F)cccc1F)NCc1nc(C)c(C)s1. The van der Waals surface area contributed by atoms with Crippen molar-refractivity contribution >= 4 is 17.3 Å². The quantitative estimate of drug-likeness (QED) is 0.651. The Morgan fingerprint density at radius 1 is 1.22 bits per heavy atom. The van der Waals surface area contributed by atoms with Crippen LogP contribution >= 0.6 is 11.3 Å². The van der Waals surface area contributed by atoms with Crippen LogP contribution in [-0.4, -0.2) is 24.5 Å². The molecule has 1 aromatic heterocycles. The van der Waals surface area contributed by atoms with Crippen molar-refractivity contribution in [3.8, 4) is 0 Å². The van der Waals surface area contributed by atoms with Crippen molar-refractivity contribution in [1.82, 2.24) is 15.6 Å². The van der Waals surface area contributed by atoms with Crippen molar-refractivity contribution in [2.75, 3.05) is 13.6 Å². The van der Waals surface area contributed by atoms with Gasteiger partial charge in [-0.05, 0) is 32.4 Å². The number of aliphatic imine (C=N–C) groups is 1. The minimum Gasteiger partial charge on any atom is -0.356 e. The van der Waals surface area contributed by atoms with Crippen LogP contribution in [0.1, 0.15) is 21.1 Å². The predicted octanol–water partition coefficient (Wildman–Crippen LogP) is 2.95. The minimum absolute atomic E-state index is 0.0848. The number of hydrogen-bond acceptors (Lipinski definition) is 3. The van der Waals surface area contributed by atoms with Crippen molar-refractivity contribution in [1.29, 1.82) is 0 Å². The Labute approximate surface area is 138 Å². The second kappa shape index (κ2) is 8.01. The number of guanidine groups is 1. The number of thiazole rings is 1. The molecule has 124 valence electrons. The Morgan fingerprint density at radius 2 is 1.91 bits per heavy atom. The lowest BCUT2D eigenvalue weighted by molar-refractivity contribution is 0.553. The molecule has 0 unspecified atom stereocenters. The normalized spacial score (nSPS) is 11.6. The number of aromatic nitrogens is 1. The van der Waals surface area contributed by atoms with Crippen molar-refractivity contribution < 1.29 is 8.78 Å². The summed E-state index contributed by atoms with van der Waals surface area (Å²) in [6.45, 7) is 4.96. The van der Waals surface area contributed by atoms with Gasteiger partial charge in [-0.25, -0.2) is 13.8 Å². The van der Waals surface area contributed by atoms with Gasteiger partial charge in [-0.2, -0.15) is 0 Å². The largest absolute Gasteiger partial charge is 0.356 e. The molecule has 0 saturated heterocycles. The number of nitrogens with zero attached hydrogens (tertiary/aromatic N) is 2. The topological polar surface area (TPSA) is 49.3 Å². The van der Waals surface area contributed by atoms with Crippen molar-refractivity contribution in [2.24, 2.45) is 4.99 Å². The molecule has 1 aromatic carbocycles. The van der Waals surface area contributed by atoms with Crippen LogP contribution in [0.2, 0.25) is 0 Å². The van der Waals surface area contributed by atoms with Crippen LogP contribution in [0.5, 0.6) is 0 Å². The number of aryl methyl sites for hydroxylation is 2. The van der Waals surface area contributed by atoms with Crippen molar-refractivity contribution in [2.45, 2.75) is 26.8 Å². The predicted molar refractivity (Wildman–Crippen MR) is 89.9 cm³/mol. The molecule has 0 spiro atoms. The molecule has 0 fully saturated rings. The van der Waals surface area contributed by atoms with Crippen LogP contribution in [0.3, 0.4) is 0 Å². The van der Waals surface area contributed by atoms with E-state index in [1.165, 1.54) is 23.1 Å². The van der Waals surface area contributed by atoms with E-state index in [1.807, 2.05) is 13.8 Å². The molecule has 0 saturated carbocycles. The zero-order valence-electron chi connectivity index (χ0n) is 13.4. The Bertz CT molecular complexity index is 658. The first kappa shape index (κ1) is 17.3. The number of halogens is 2. The van der Waals surface area contributed by atoms with E-state index >= 15 is 0 Å². The highest BCUT2D eigenvalue weighted by atomic mass is 32.1. The third-order valence-corrected chi connectivity index (χ3v) is 4.51. The Balaban J connectivity index is 1.83. The van der Waals surface area contributed by atoms with E-state index in [-0.39, 0.29) is 12.0 Å². The van der Waals surface area contributed by atoms with Crippen LogP contribution in [0.15, 0.2) is 23.2 Å². The maximum absolute atomic E-state index is 13.5. The van der Waals surface area contributed by atoms with Crippen LogP contribution in [0.4, 0.5) is 8.78 Å². The molecule has 0 atom stereocenters. The maximum atomic E-state index is 13.5. The first-order valence-corrected chi connectivity index (χ1v) is 8.13. The summed E-state index contributed by atoms with van der Waals surface area (Å²) in [5.74, 6) is -0.473. The summed E-state index contributed by atoms with van der Waals surface area (Å²) in [4.78, 5) is 9.73. The second-order valence-corrected chi connectivity index (χ2v) is 6.34. The molecule has 0 amide bonds. The molecular weight excluding hydrogens is 318 g/mol. The molecular formula is C16H20F2N4S. The molecule has 23 heavy (non-hydrogen) atoms. The molecule has 0 bridgehead atoms. The highest BCUT2D eigenvalue weighted by molar-refractivity contribution is 7.11. The molecule has 2 aromatic rings.